The van der Waals surface area contributed by atoms with Crippen molar-refractivity contribution in [2.75, 3.05) is 45.3 Å². The molecule has 5 rings (SSSR count). The molecule has 42 heavy (non-hydrogen) atoms. The Labute approximate surface area is 245 Å². The second-order valence-corrected chi connectivity index (χ2v) is 13.5. The summed E-state index contributed by atoms with van der Waals surface area (Å²) in [5, 5.41) is 12.0. The summed E-state index contributed by atoms with van der Waals surface area (Å²) in [6, 6.07) is 6.80. The maximum Gasteiger partial charge on any atom is 0.258 e. The van der Waals surface area contributed by atoms with Gasteiger partial charge in [-0.2, -0.15) is 4.98 Å². The number of alkyl halides is 2. The van der Waals surface area contributed by atoms with E-state index in [1.165, 1.54) is 17.2 Å². The van der Waals surface area contributed by atoms with Crippen LogP contribution >= 0.6 is 0 Å². The van der Waals surface area contributed by atoms with Gasteiger partial charge in [0.15, 0.2) is 0 Å². The molecule has 3 aliphatic heterocycles. The molecule has 2 unspecified atom stereocenters. The molecule has 13 heteroatoms. The van der Waals surface area contributed by atoms with Gasteiger partial charge in [-0.25, -0.2) is 22.2 Å². The summed E-state index contributed by atoms with van der Waals surface area (Å²) in [6.07, 6.45) is 3.12. The van der Waals surface area contributed by atoms with Crippen molar-refractivity contribution in [3.63, 3.8) is 0 Å². The van der Waals surface area contributed by atoms with E-state index in [2.05, 4.69) is 38.8 Å². The number of aliphatic hydroxyl groups is 1. The minimum atomic E-state index is -3.77. The highest BCUT2D eigenvalue weighted by Gasteiger charge is 2.40. The Kier molecular flexibility index (Phi) is 8.44. The third kappa shape index (κ3) is 6.67. The largest absolute Gasteiger partial charge is 0.395 e. The molecule has 3 fully saturated rings. The smallest absolute Gasteiger partial charge is 0.258 e. The standard InChI is InChI=1S/C29H38F2N6O4S/c1-18(2)20-15-22-5-6-23(16-20)37(22)25-17-21(35-42(40,41)13-12-38)4-7-24(25)27(39)33-26-14-19(3)32-28(34-26)36-10-8-29(30,31)9-11-36/h4,7,14,17,22-23,35,38H,5-6,8-13,15-16H2,1-3H3,(H,32,33,34,39). The van der Waals surface area contributed by atoms with Gasteiger partial charge in [0.25, 0.3) is 11.8 Å². The molecule has 0 aliphatic carbocycles. The molecule has 2 atom stereocenters. The first-order valence-corrected chi connectivity index (χ1v) is 16.0. The number of aryl methyl sites for hydroxylation is 1. The Morgan fingerprint density at radius 1 is 1.10 bits per heavy atom. The van der Waals surface area contributed by atoms with Crippen LogP contribution in [-0.4, -0.2) is 72.9 Å². The average Bonchev–Trinajstić information content (AvgIpc) is 3.16. The van der Waals surface area contributed by atoms with Crippen LogP contribution in [0.4, 0.5) is 31.9 Å². The van der Waals surface area contributed by atoms with E-state index in [-0.39, 0.29) is 49.8 Å². The van der Waals surface area contributed by atoms with Crippen LogP contribution in [0.15, 0.2) is 35.4 Å². The number of aromatic nitrogens is 2. The lowest BCUT2D eigenvalue weighted by Gasteiger charge is -2.39. The molecule has 2 bridgehead atoms. The molecule has 3 saturated heterocycles. The molecule has 0 saturated carbocycles. The van der Waals surface area contributed by atoms with E-state index < -0.39 is 34.2 Å². The molecule has 10 nitrogen and oxygen atoms in total. The summed E-state index contributed by atoms with van der Waals surface area (Å²) in [5.74, 6) is -3.01. The van der Waals surface area contributed by atoms with Crippen LogP contribution in [-0.2, 0) is 10.0 Å². The zero-order chi connectivity index (χ0) is 30.2. The van der Waals surface area contributed by atoms with Crippen molar-refractivity contribution in [1.29, 1.82) is 0 Å². The van der Waals surface area contributed by atoms with Crippen molar-refractivity contribution in [2.45, 2.75) is 77.3 Å². The second kappa shape index (κ2) is 11.8. The molecule has 2 aromatic rings. The van der Waals surface area contributed by atoms with Crippen LogP contribution in [0.1, 0.15) is 68.4 Å². The van der Waals surface area contributed by atoms with Crippen LogP contribution in [0, 0.1) is 6.92 Å². The van der Waals surface area contributed by atoms with Gasteiger partial charge >= 0.3 is 0 Å². The van der Waals surface area contributed by atoms with Crippen molar-refractivity contribution in [3.8, 4) is 0 Å². The van der Waals surface area contributed by atoms with Crippen LogP contribution in [0.2, 0.25) is 0 Å². The van der Waals surface area contributed by atoms with Crippen molar-refractivity contribution in [3.05, 3.63) is 46.7 Å². The number of hydrogen-bond donors (Lipinski definition) is 3. The van der Waals surface area contributed by atoms with Gasteiger partial charge in [-0.15, -0.1) is 0 Å². The predicted octanol–water partition coefficient (Wildman–Crippen LogP) is 4.47. The normalized spacial score (nSPS) is 21.8. The third-order valence-electron chi connectivity index (χ3n) is 8.31. The number of fused-ring (bicyclic) bond motifs is 2. The Morgan fingerprint density at radius 3 is 2.38 bits per heavy atom. The van der Waals surface area contributed by atoms with E-state index in [0.29, 0.717) is 22.6 Å². The van der Waals surface area contributed by atoms with Crippen LogP contribution < -0.4 is 19.8 Å². The van der Waals surface area contributed by atoms with E-state index in [9.17, 15) is 22.0 Å². The summed E-state index contributed by atoms with van der Waals surface area (Å²) in [5.41, 5.74) is 4.62. The molecular weight excluding hydrogens is 566 g/mol. The molecule has 0 spiro atoms. The van der Waals surface area contributed by atoms with Gasteiger partial charge in [0.05, 0.1) is 29.3 Å². The first-order chi connectivity index (χ1) is 19.8. The number of amides is 1. The van der Waals surface area contributed by atoms with Gasteiger partial charge in [0, 0.05) is 49.8 Å². The first-order valence-electron chi connectivity index (χ1n) is 14.3. The maximum atomic E-state index is 13.8. The fraction of sp³-hybridized carbons (Fsp3) is 0.552. The lowest BCUT2D eigenvalue weighted by Crippen LogP contribution is -2.42. The van der Waals surface area contributed by atoms with Gasteiger partial charge in [-0.1, -0.05) is 11.1 Å². The van der Waals surface area contributed by atoms with E-state index in [1.54, 1.807) is 30.0 Å². The summed E-state index contributed by atoms with van der Waals surface area (Å²) in [4.78, 5) is 26.6. The topological polar surface area (TPSA) is 128 Å². The highest BCUT2D eigenvalue weighted by Crippen LogP contribution is 2.44. The molecular formula is C29H38F2N6O4S. The van der Waals surface area contributed by atoms with Crippen molar-refractivity contribution in [2.24, 2.45) is 0 Å². The van der Waals surface area contributed by atoms with Gasteiger partial charge in [0.2, 0.25) is 16.0 Å². The number of anilines is 4. The van der Waals surface area contributed by atoms with Crippen molar-refractivity contribution < 1.29 is 27.1 Å². The molecule has 3 aliphatic rings. The number of carbonyl (C=O) groups excluding carboxylic acids is 1. The lowest BCUT2D eigenvalue weighted by molar-refractivity contribution is -0.0222. The fourth-order valence-corrected chi connectivity index (χ4v) is 6.97. The highest BCUT2D eigenvalue weighted by molar-refractivity contribution is 7.92. The van der Waals surface area contributed by atoms with Gasteiger partial charge in [-0.05, 0) is 64.7 Å². The summed E-state index contributed by atoms with van der Waals surface area (Å²) >= 11 is 0. The maximum absolute atomic E-state index is 13.8. The molecule has 1 amide bonds. The molecule has 1 aromatic heterocycles. The lowest BCUT2D eigenvalue weighted by atomic mass is 9.92. The van der Waals surface area contributed by atoms with Gasteiger partial charge in [0.1, 0.15) is 5.82 Å². The number of rotatable bonds is 8. The fourth-order valence-electron chi connectivity index (χ4n) is 6.14. The number of piperidine rings is 2. The number of nitrogens with zero attached hydrogens (tertiary/aromatic N) is 4. The predicted molar refractivity (Wildman–Crippen MR) is 159 cm³/mol. The Hall–Kier alpha value is -3.32. The number of halogens is 2. The first kappa shape index (κ1) is 30.1. The molecule has 3 N–H and O–H groups in total. The van der Waals surface area contributed by atoms with E-state index in [4.69, 9.17) is 5.11 Å². The number of hydrogen-bond acceptors (Lipinski definition) is 8. The Bertz CT molecular complexity index is 1470. The number of allylic oxidation sites excluding steroid dienone is 1. The van der Waals surface area contributed by atoms with Gasteiger partial charge in [-0.3, -0.25) is 9.52 Å². The van der Waals surface area contributed by atoms with Crippen molar-refractivity contribution in [1.82, 2.24) is 9.97 Å². The van der Waals surface area contributed by atoms with Gasteiger partial charge < -0.3 is 20.2 Å². The molecule has 4 heterocycles. The minimum absolute atomic E-state index is 0.118. The quantitative estimate of drug-likeness (QED) is 0.377. The minimum Gasteiger partial charge on any atom is -0.395 e. The molecule has 1 aromatic carbocycles. The number of nitrogens with one attached hydrogen (secondary N) is 2. The summed E-state index contributed by atoms with van der Waals surface area (Å²) < 4.78 is 54.7. The van der Waals surface area contributed by atoms with E-state index in [1.807, 2.05) is 0 Å². The monoisotopic (exact) mass is 604 g/mol. The zero-order valence-electron chi connectivity index (χ0n) is 24.2. The van der Waals surface area contributed by atoms with E-state index >= 15 is 0 Å². The Balaban J connectivity index is 1.45. The summed E-state index contributed by atoms with van der Waals surface area (Å²) in [7, 11) is -3.77. The van der Waals surface area contributed by atoms with Crippen LogP contribution in [0.3, 0.4) is 0 Å². The van der Waals surface area contributed by atoms with Crippen LogP contribution in [0.25, 0.3) is 0 Å². The number of carbonyl (C=O) groups is 1. The molecule has 228 valence electrons. The third-order valence-corrected chi connectivity index (χ3v) is 9.57. The number of aliphatic hydroxyl groups excluding tert-OH is 1. The van der Waals surface area contributed by atoms with Crippen LogP contribution in [0.5, 0.6) is 0 Å². The average molecular weight is 605 g/mol. The second-order valence-electron chi connectivity index (χ2n) is 11.7. The SMILES string of the molecule is CC(C)=C1CC2CCC(C1)N2c1cc(NS(=O)(=O)CCO)ccc1C(=O)Nc1cc(C)nc(N2CCC(F)(F)CC2)n1. The van der Waals surface area contributed by atoms with E-state index in [0.717, 1.165) is 25.7 Å². The Morgan fingerprint density at radius 2 is 1.76 bits per heavy atom. The molecule has 0 radical (unpaired) electrons. The number of sulfonamides is 1. The summed E-state index contributed by atoms with van der Waals surface area (Å²) in [6.45, 7) is 5.72. The number of benzene rings is 1. The highest BCUT2D eigenvalue weighted by atomic mass is 32.2. The zero-order valence-corrected chi connectivity index (χ0v) is 25.0. The van der Waals surface area contributed by atoms with Crippen molar-refractivity contribution >= 4 is 39.1 Å².